The number of carbonyl (C=O) groups is 1. The van der Waals surface area contributed by atoms with Crippen LogP contribution in [0.4, 0.5) is 4.79 Å². The molecular weight excluding hydrogens is 304 g/mol. The van der Waals surface area contributed by atoms with Crippen LogP contribution < -0.4 is 10.6 Å². The molecule has 0 spiro atoms. The molecule has 2 amide bonds. The van der Waals surface area contributed by atoms with Crippen molar-refractivity contribution in [3.63, 3.8) is 0 Å². The molecular formula is C18H22N4O2. The fourth-order valence-corrected chi connectivity index (χ4v) is 2.76. The van der Waals surface area contributed by atoms with Crippen LogP contribution in [-0.2, 0) is 13.1 Å². The quantitative estimate of drug-likeness (QED) is 0.707. The van der Waals surface area contributed by atoms with Crippen molar-refractivity contribution in [2.24, 2.45) is 5.92 Å². The first kappa shape index (κ1) is 16.3. The lowest BCUT2D eigenvalue weighted by Crippen LogP contribution is -2.40. The molecule has 6 heteroatoms. The Bertz CT molecular complexity index is 696. The molecule has 1 aromatic carbocycles. The number of aliphatic hydroxyl groups excluding tert-OH is 1. The first-order valence-corrected chi connectivity index (χ1v) is 8.13. The molecule has 0 fully saturated rings. The maximum absolute atomic E-state index is 11.9. The molecule has 2 atom stereocenters. The predicted octanol–water partition coefficient (Wildman–Crippen LogP) is 1.67. The number of nitrogens with one attached hydrogen (secondary N) is 2. The number of aromatic nitrogens is 2. The summed E-state index contributed by atoms with van der Waals surface area (Å²) in [7, 11) is 0. The minimum absolute atomic E-state index is 0.0159. The van der Waals surface area contributed by atoms with Gasteiger partial charge in [0.1, 0.15) is 0 Å². The van der Waals surface area contributed by atoms with Crippen LogP contribution in [0.1, 0.15) is 17.7 Å². The Balaban J connectivity index is 1.44. The summed E-state index contributed by atoms with van der Waals surface area (Å²) in [4.78, 5) is 11.9. The number of urea groups is 1. The van der Waals surface area contributed by atoms with Crippen molar-refractivity contribution in [1.82, 2.24) is 20.4 Å². The molecule has 6 nitrogen and oxygen atoms in total. The summed E-state index contributed by atoms with van der Waals surface area (Å²) < 4.78 is 1.86. The van der Waals surface area contributed by atoms with E-state index in [1.165, 1.54) is 5.56 Å². The van der Waals surface area contributed by atoms with Gasteiger partial charge in [-0.2, -0.15) is 5.10 Å². The molecule has 0 unspecified atom stereocenters. The van der Waals surface area contributed by atoms with Gasteiger partial charge in [-0.3, -0.25) is 4.68 Å². The van der Waals surface area contributed by atoms with Crippen LogP contribution in [0.3, 0.4) is 0 Å². The van der Waals surface area contributed by atoms with Crippen LogP contribution in [-0.4, -0.2) is 33.6 Å². The first-order chi connectivity index (χ1) is 11.7. The zero-order chi connectivity index (χ0) is 16.8. The Morgan fingerprint density at radius 1 is 1.25 bits per heavy atom. The van der Waals surface area contributed by atoms with E-state index in [9.17, 15) is 4.79 Å². The van der Waals surface area contributed by atoms with Crippen molar-refractivity contribution in [3.8, 4) is 0 Å². The summed E-state index contributed by atoms with van der Waals surface area (Å²) in [5, 5.41) is 19.2. The van der Waals surface area contributed by atoms with Crippen molar-refractivity contribution in [2.75, 3.05) is 6.61 Å². The Kier molecular flexibility index (Phi) is 5.28. The maximum Gasteiger partial charge on any atom is 0.315 e. The van der Waals surface area contributed by atoms with Crippen LogP contribution in [0.15, 0.2) is 54.7 Å². The Hall–Kier alpha value is -2.60. The van der Waals surface area contributed by atoms with Gasteiger partial charge in [-0.15, -0.1) is 0 Å². The van der Waals surface area contributed by atoms with Crippen LogP contribution in [0.2, 0.25) is 0 Å². The van der Waals surface area contributed by atoms with Gasteiger partial charge < -0.3 is 15.7 Å². The highest BCUT2D eigenvalue weighted by Gasteiger charge is 2.19. The number of hydrogen-bond donors (Lipinski definition) is 3. The largest absolute Gasteiger partial charge is 0.396 e. The van der Waals surface area contributed by atoms with Gasteiger partial charge in [-0.25, -0.2) is 4.79 Å². The third-order valence-electron chi connectivity index (χ3n) is 4.04. The van der Waals surface area contributed by atoms with E-state index < -0.39 is 0 Å². The average molecular weight is 326 g/mol. The number of nitrogens with zero attached hydrogens (tertiary/aromatic N) is 2. The highest BCUT2D eigenvalue weighted by molar-refractivity contribution is 5.74. The lowest BCUT2D eigenvalue weighted by molar-refractivity contribution is 0.231. The van der Waals surface area contributed by atoms with E-state index in [0.29, 0.717) is 13.1 Å². The second-order valence-corrected chi connectivity index (χ2v) is 5.99. The molecule has 3 rings (SSSR count). The zero-order valence-electron chi connectivity index (χ0n) is 13.4. The van der Waals surface area contributed by atoms with Crippen LogP contribution >= 0.6 is 0 Å². The van der Waals surface area contributed by atoms with Gasteiger partial charge in [-0.05, 0) is 18.1 Å². The topological polar surface area (TPSA) is 79.2 Å². The second-order valence-electron chi connectivity index (χ2n) is 5.99. The van der Waals surface area contributed by atoms with Crippen molar-refractivity contribution < 1.29 is 9.90 Å². The summed E-state index contributed by atoms with van der Waals surface area (Å²) >= 11 is 0. The molecule has 0 radical (unpaired) electrons. The van der Waals surface area contributed by atoms with Gasteiger partial charge in [0.2, 0.25) is 0 Å². The van der Waals surface area contributed by atoms with E-state index in [1.807, 2.05) is 47.3 Å². The standard InChI is InChI=1S/C18H22N4O2/c23-13-15-6-7-16(10-15)20-18(24)19-11-17-8-9-22(21-17)12-14-4-2-1-3-5-14/h1-9,15-16,23H,10-13H2,(H2,19,20,24)/t15-,16+/m0/s1. The molecule has 2 aromatic rings. The summed E-state index contributed by atoms with van der Waals surface area (Å²) in [6.07, 6.45) is 6.52. The van der Waals surface area contributed by atoms with Gasteiger partial charge in [-0.1, -0.05) is 42.5 Å². The second kappa shape index (κ2) is 7.79. The number of carbonyl (C=O) groups excluding carboxylic acids is 1. The molecule has 0 bridgehead atoms. The molecule has 24 heavy (non-hydrogen) atoms. The molecule has 0 saturated carbocycles. The molecule has 1 aliphatic carbocycles. The van der Waals surface area contributed by atoms with E-state index in [1.54, 1.807) is 0 Å². The summed E-state index contributed by atoms with van der Waals surface area (Å²) in [6, 6.07) is 11.8. The highest BCUT2D eigenvalue weighted by atomic mass is 16.3. The van der Waals surface area contributed by atoms with E-state index in [-0.39, 0.29) is 24.6 Å². The van der Waals surface area contributed by atoms with Gasteiger partial charge in [0.15, 0.2) is 0 Å². The molecule has 1 heterocycles. The molecule has 0 saturated heterocycles. The number of aliphatic hydroxyl groups is 1. The van der Waals surface area contributed by atoms with Gasteiger partial charge in [0.05, 0.1) is 18.8 Å². The minimum Gasteiger partial charge on any atom is -0.396 e. The van der Waals surface area contributed by atoms with E-state index in [2.05, 4.69) is 27.9 Å². The fraction of sp³-hybridized carbons (Fsp3) is 0.333. The monoisotopic (exact) mass is 326 g/mol. The predicted molar refractivity (Wildman–Crippen MR) is 91.3 cm³/mol. The third-order valence-corrected chi connectivity index (χ3v) is 4.04. The van der Waals surface area contributed by atoms with E-state index in [4.69, 9.17) is 5.11 Å². The smallest absolute Gasteiger partial charge is 0.315 e. The van der Waals surface area contributed by atoms with E-state index >= 15 is 0 Å². The SMILES string of the molecule is O=C(NCc1ccn(Cc2ccccc2)n1)N[C@@H]1C=C[C@H](CO)C1. The Labute approximate surface area is 141 Å². The summed E-state index contributed by atoms with van der Waals surface area (Å²) in [5.41, 5.74) is 2.00. The zero-order valence-corrected chi connectivity index (χ0v) is 13.4. The van der Waals surface area contributed by atoms with Crippen LogP contribution in [0.25, 0.3) is 0 Å². The van der Waals surface area contributed by atoms with Crippen molar-refractivity contribution in [3.05, 3.63) is 66.0 Å². The van der Waals surface area contributed by atoms with Gasteiger partial charge >= 0.3 is 6.03 Å². The Morgan fingerprint density at radius 2 is 2.08 bits per heavy atom. The number of hydrogen-bond acceptors (Lipinski definition) is 3. The minimum atomic E-state index is -0.221. The lowest BCUT2D eigenvalue weighted by atomic mass is 10.1. The van der Waals surface area contributed by atoms with Crippen LogP contribution in [0, 0.1) is 5.92 Å². The average Bonchev–Trinajstić information content (AvgIpc) is 3.23. The first-order valence-electron chi connectivity index (χ1n) is 8.13. The fourth-order valence-electron chi connectivity index (χ4n) is 2.76. The maximum atomic E-state index is 11.9. The molecule has 0 aliphatic heterocycles. The van der Waals surface area contributed by atoms with Crippen LogP contribution in [0.5, 0.6) is 0 Å². The summed E-state index contributed by atoms with van der Waals surface area (Å²) in [6.45, 7) is 1.21. The highest BCUT2D eigenvalue weighted by Crippen LogP contribution is 2.16. The molecule has 126 valence electrons. The van der Waals surface area contributed by atoms with E-state index in [0.717, 1.165) is 12.1 Å². The molecule has 1 aliphatic rings. The van der Waals surface area contributed by atoms with Gasteiger partial charge in [0.25, 0.3) is 0 Å². The number of amides is 2. The summed E-state index contributed by atoms with van der Waals surface area (Å²) in [5.74, 6) is 0.143. The van der Waals surface area contributed by atoms with Crippen molar-refractivity contribution in [2.45, 2.75) is 25.6 Å². The third kappa shape index (κ3) is 4.45. The van der Waals surface area contributed by atoms with Crippen molar-refractivity contribution >= 4 is 6.03 Å². The molecule has 3 N–H and O–H groups in total. The normalized spacial score (nSPS) is 19.4. The lowest BCUT2D eigenvalue weighted by Gasteiger charge is -2.13. The Morgan fingerprint density at radius 3 is 2.83 bits per heavy atom. The molecule has 1 aromatic heterocycles. The number of benzene rings is 1. The van der Waals surface area contributed by atoms with Crippen molar-refractivity contribution in [1.29, 1.82) is 0 Å². The van der Waals surface area contributed by atoms with Gasteiger partial charge in [0, 0.05) is 24.8 Å². The number of rotatable bonds is 6.